The SMILES string of the molecule is CCC(N)(CC)COCCc1cnn(C)c1. The molecule has 0 spiro atoms. The Labute approximate surface area is 97.8 Å². The summed E-state index contributed by atoms with van der Waals surface area (Å²) in [5, 5.41) is 4.11. The molecule has 2 N–H and O–H groups in total. The topological polar surface area (TPSA) is 53.1 Å². The van der Waals surface area contributed by atoms with E-state index in [-0.39, 0.29) is 5.54 Å². The molecule has 0 bridgehead atoms. The van der Waals surface area contributed by atoms with Gasteiger partial charge in [0, 0.05) is 18.8 Å². The second kappa shape index (κ2) is 6.01. The van der Waals surface area contributed by atoms with E-state index in [2.05, 4.69) is 18.9 Å². The number of aromatic nitrogens is 2. The zero-order valence-electron chi connectivity index (χ0n) is 10.6. The van der Waals surface area contributed by atoms with E-state index in [0.717, 1.165) is 19.3 Å². The van der Waals surface area contributed by atoms with E-state index in [4.69, 9.17) is 10.5 Å². The fraction of sp³-hybridized carbons (Fsp3) is 0.750. The molecule has 4 nitrogen and oxygen atoms in total. The lowest BCUT2D eigenvalue weighted by atomic mass is 9.96. The normalized spacial score (nSPS) is 12.0. The summed E-state index contributed by atoms with van der Waals surface area (Å²) in [6, 6.07) is 0. The van der Waals surface area contributed by atoms with Crippen molar-refractivity contribution in [2.24, 2.45) is 12.8 Å². The minimum absolute atomic E-state index is 0.158. The molecule has 0 fully saturated rings. The highest BCUT2D eigenvalue weighted by molar-refractivity contribution is 5.03. The summed E-state index contributed by atoms with van der Waals surface area (Å²) in [7, 11) is 1.92. The Morgan fingerprint density at radius 3 is 2.62 bits per heavy atom. The van der Waals surface area contributed by atoms with Gasteiger partial charge in [-0.1, -0.05) is 13.8 Å². The van der Waals surface area contributed by atoms with Gasteiger partial charge in [0.1, 0.15) is 0 Å². The van der Waals surface area contributed by atoms with Crippen LogP contribution < -0.4 is 5.73 Å². The van der Waals surface area contributed by atoms with E-state index >= 15 is 0 Å². The van der Waals surface area contributed by atoms with Crippen molar-refractivity contribution in [2.45, 2.75) is 38.6 Å². The van der Waals surface area contributed by atoms with Crippen LogP contribution in [0.2, 0.25) is 0 Å². The van der Waals surface area contributed by atoms with E-state index in [1.54, 1.807) is 4.68 Å². The number of aryl methyl sites for hydroxylation is 1. The van der Waals surface area contributed by atoms with E-state index in [1.165, 1.54) is 5.56 Å². The highest BCUT2D eigenvalue weighted by Crippen LogP contribution is 2.11. The van der Waals surface area contributed by atoms with Gasteiger partial charge >= 0.3 is 0 Å². The largest absolute Gasteiger partial charge is 0.379 e. The number of nitrogens with zero attached hydrogens (tertiary/aromatic N) is 2. The first-order chi connectivity index (χ1) is 7.59. The van der Waals surface area contributed by atoms with Crippen LogP contribution in [0.25, 0.3) is 0 Å². The Kier molecular flexibility index (Phi) is 4.96. The molecular formula is C12H23N3O. The fourth-order valence-corrected chi connectivity index (χ4v) is 1.52. The molecule has 0 amide bonds. The maximum Gasteiger partial charge on any atom is 0.0646 e. The van der Waals surface area contributed by atoms with Crippen molar-refractivity contribution in [2.75, 3.05) is 13.2 Å². The highest BCUT2D eigenvalue weighted by atomic mass is 16.5. The van der Waals surface area contributed by atoms with Gasteiger partial charge in [0.2, 0.25) is 0 Å². The first-order valence-electron chi connectivity index (χ1n) is 5.94. The summed E-state index contributed by atoms with van der Waals surface area (Å²) in [6.45, 7) is 5.56. The fourth-order valence-electron chi connectivity index (χ4n) is 1.52. The van der Waals surface area contributed by atoms with Gasteiger partial charge in [-0.3, -0.25) is 4.68 Å². The lowest BCUT2D eigenvalue weighted by Gasteiger charge is -2.26. The minimum atomic E-state index is -0.158. The molecule has 16 heavy (non-hydrogen) atoms. The zero-order chi connectivity index (χ0) is 12.0. The van der Waals surface area contributed by atoms with Gasteiger partial charge in [0.15, 0.2) is 0 Å². The molecule has 0 unspecified atom stereocenters. The Hall–Kier alpha value is -0.870. The molecule has 92 valence electrons. The van der Waals surface area contributed by atoms with Gasteiger partial charge in [-0.2, -0.15) is 5.10 Å². The van der Waals surface area contributed by atoms with Crippen molar-refractivity contribution in [1.82, 2.24) is 9.78 Å². The maximum atomic E-state index is 6.14. The predicted molar refractivity (Wildman–Crippen MR) is 65.2 cm³/mol. The number of hydrogen-bond acceptors (Lipinski definition) is 3. The third kappa shape index (κ3) is 3.94. The van der Waals surface area contributed by atoms with Crippen LogP contribution in [0.3, 0.4) is 0 Å². The van der Waals surface area contributed by atoms with Crippen molar-refractivity contribution in [3.63, 3.8) is 0 Å². The van der Waals surface area contributed by atoms with Gasteiger partial charge in [-0.15, -0.1) is 0 Å². The van der Waals surface area contributed by atoms with Gasteiger partial charge in [-0.05, 0) is 24.8 Å². The average molecular weight is 225 g/mol. The molecule has 4 heteroatoms. The molecule has 1 aromatic rings. The van der Waals surface area contributed by atoms with Crippen LogP contribution in [0.1, 0.15) is 32.3 Å². The summed E-state index contributed by atoms with van der Waals surface area (Å²) >= 11 is 0. The average Bonchev–Trinajstić information content (AvgIpc) is 2.70. The Bertz CT molecular complexity index is 305. The molecular weight excluding hydrogens is 202 g/mol. The van der Waals surface area contributed by atoms with E-state index < -0.39 is 0 Å². The molecule has 0 aromatic carbocycles. The second-order valence-electron chi connectivity index (χ2n) is 4.39. The standard InChI is InChI=1S/C12H23N3O/c1-4-12(13,5-2)10-16-7-6-11-8-14-15(3)9-11/h8-9H,4-7,10,13H2,1-3H3. The quantitative estimate of drug-likeness (QED) is 0.715. The molecule has 0 atom stereocenters. The van der Waals surface area contributed by atoms with E-state index in [1.807, 2.05) is 19.4 Å². The van der Waals surface area contributed by atoms with E-state index in [9.17, 15) is 0 Å². The lowest BCUT2D eigenvalue weighted by Crippen LogP contribution is -2.43. The van der Waals surface area contributed by atoms with Crippen LogP contribution in [-0.4, -0.2) is 28.5 Å². The van der Waals surface area contributed by atoms with Crippen molar-refractivity contribution < 1.29 is 4.74 Å². The van der Waals surface area contributed by atoms with Gasteiger partial charge in [-0.25, -0.2) is 0 Å². The third-order valence-electron chi connectivity index (χ3n) is 3.09. The zero-order valence-corrected chi connectivity index (χ0v) is 10.6. The molecule has 1 heterocycles. The van der Waals surface area contributed by atoms with Crippen molar-refractivity contribution in [3.05, 3.63) is 18.0 Å². The second-order valence-corrected chi connectivity index (χ2v) is 4.39. The Morgan fingerprint density at radius 2 is 2.12 bits per heavy atom. The molecule has 0 aliphatic rings. The van der Waals surface area contributed by atoms with E-state index in [0.29, 0.717) is 13.2 Å². The number of nitrogens with two attached hydrogens (primary N) is 1. The molecule has 0 saturated carbocycles. The molecule has 0 saturated heterocycles. The number of rotatable bonds is 7. The third-order valence-corrected chi connectivity index (χ3v) is 3.09. The summed E-state index contributed by atoms with van der Waals surface area (Å²) in [5.41, 5.74) is 7.19. The molecule has 0 aliphatic heterocycles. The summed E-state index contributed by atoms with van der Waals surface area (Å²) in [4.78, 5) is 0. The molecule has 0 radical (unpaired) electrons. The van der Waals surface area contributed by atoms with Crippen molar-refractivity contribution in [3.8, 4) is 0 Å². The lowest BCUT2D eigenvalue weighted by molar-refractivity contribution is 0.0831. The van der Waals surface area contributed by atoms with Crippen LogP contribution in [0, 0.1) is 0 Å². The monoisotopic (exact) mass is 225 g/mol. The van der Waals surface area contributed by atoms with Gasteiger partial charge in [0.25, 0.3) is 0 Å². The molecule has 1 rings (SSSR count). The van der Waals surface area contributed by atoms with Gasteiger partial charge in [0.05, 0.1) is 19.4 Å². The maximum absolute atomic E-state index is 6.14. The summed E-state index contributed by atoms with van der Waals surface area (Å²) in [5.74, 6) is 0. The van der Waals surface area contributed by atoms with Gasteiger partial charge < -0.3 is 10.5 Å². The smallest absolute Gasteiger partial charge is 0.0646 e. The minimum Gasteiger partial charge on any atom is -0.379 e. The highest BCUT2D eigenvalue weighted by Gasteiger charge is 2.19. The first-order valence-corrected chi connectivity index (χ1v) is 5.94. The number of ether oxygens (including phenoxy) is 1. The van der Waals surface area contributed by atoms with Crippen LogP contribution in [0.5, 0.6) is 0 Å². The first kappa shape index (κ1) is 13.2. The summed E-state index contributed by atoms with van der Waals surface area (Å²) in [6.07, 6.45) is 6.70. The Balaban J connectivity index is 2.21. The molecule has 1 aromatic heterocycles. The van der Waals surface area contributed by atoms with Crippen molar-refractivity contribution in [1.29, 1.82) is 0 Å². The van der Waals surface area contributed by atoms with Crippen LogP contribution in [0.4, 0.5) is 0 Å². The Morgan fingerprint density at radius 1 is 1.44 bits per heavy atom. The van der Waals surface area contributed by atoms with Crippen LogP contribution in [0.15, 0.2) is 12.4 Å². The van der Waals surface area contributed by atoms with Crippen LogP contribution >= 0.6 is 0 Å². The predicted octanol–water partition coefficient (Wildman–Crippen LogP) is 1.50. The molecule has 0 aliphatic carbocycles. The van der Waals surface area contributed by atoms with Crippen LogP contribution in [-0.2, 0) is 18.2 Å². The van der Waals surface area contributed by atoms with Crippen molar-refractivity contribution >= 4 is 0 Å². The number of hydrogen-bond donors (Lipinski definition) is 1. The summed E-state index contributed by atoms with van der Waals surface area (Å²) < 4.78 is 7.44.